The van der Waals surface area contributed by atoms with Crippen LogP contribution in [0.25, 0.3) is 15.9 Å². The Kier molecular flexibility index (Phi) is 4.99. The first-order valence-corrected chi connectivity index (χ1v) is 10.7. The highest BCUT2D eigenvalue weighted by atomic mass is 35.5. The number of thiophene rings is 1. The number of halogens is 1. The molecule has 1 aromatic carbocycles. The Hall–Kier alpha value is -1.85. The molecule has 0 unspecified atom stereocenters. The van der Waals surface area contributed by atoms with Crippen molar-refractivity contribution in [3.8, 4) is 5.69 Å². The Balaban J connectivity index is 1.62. The Labute approximate surface area is 168 Å². The molecule has 1 aliphatic carbocycles. The number of rotatable bonds is 3. The highest BCUT2D eigenvalue weighted by Crippen LogP contribution is 2.32. The summed E-state index contributed by atoms with van der Waals surface area (Å²) in [4.78, 5) is 14.6. The van der Waals surface area contributed by atoms with Crippen LogP contribution < -0.4 is 5.32 Å². The van der Waals surface area contributed by atoms with Gasteiger partial charge in [-0.2, -0.15) is 5.10 Å². The molecule has 0 spiro atoms. The molecule has 1 N–H and O–H groups in total. The number of aromatic nitrogens is 2. The standard InChI is InChI=1S/C21H24ClN3OS/c1-12-5-4-6-18(13(12)2)23-20(26)19-11-17-14(3)24-25(21(17)27-19)16-9-7-15(22)8-10-16/h7-13,18H,4-6H2,1-3H3,(H,23,26)/t12-,13+,18+/m0/s1. The van der Waals surface area contributed by atoms with Gasteiger partial charge in [0.1, 0.15) is 4.83 Å². The van der Waals surface area contributed by atoms with Gasteiger partial charge in [0.05, 0.1) is 16.3 Å². The first-order valence-electron chi connectivity index (χ1n) is 9.50. The second kappa shape index (κ2) is 7.28. The molecule has 0 aliphatic heterocycles. The number of aryl methyl sites for hydroxylation is 1. The number of hydrogen-bond acceptors (Lipinski definition) is 3. The zero-order chi connectivity index (χ0) is 19.1. The van der Waals surface area contributed by atoms with Crippen LogP contribution in [0.15, 0.2) is 30.3 Å². The van der Waals surface area contributed by atoms with Crippen LogP contribution in [0.4, 0.5) is 0 Å². The molecule has 0 radical (unpaired) electrons. The fourth-order valence-corrected chi connectivity index (χ4v) is 5.15. The van der Waals surface area contributed by atoms with E-state index in [4.69, 9.17) is 11.6 Å². The molecule has 2 heterocycles. The van der Waals surface area contributed by atoms with Crippen LogP contribution in [0.1, 0.15) is 48.5 Å². The molecule has 2 aromatic heterocycles. The van der Waals surface area contributed by atoms with Gasteiger partial charge in [0.15, 0.2) is 0 Å². The number of carbonyl (C=O) groups excluding carboxylic acids is 1. The van der Waals surface area contributed by atoms with E-state index in [-0.39, 0.29) is 11.9 Å². The van der Waals surface area contributed by atoms with Crippen molar-refractivity contribution in [3.05, 3.63) is 45.9 Å². The van der Waals surface area contributed by atoms with Crippen LogP contribution in [0.2, 0.25) is 5.02 Å². The van der Waals surface area contributed by atoms with E-state index in [1.807, 2.05) is 41.9 Å². The fraction of sp³-hybridized carbons (Fsp3) is 0.429. The van der Waals surface area contributed by atoms with Crippen molar-refractivity contribution in [2.24, 2.45) is 11.8 Å². The minimum atomic E-state index is 0.0317. The van der Waals surface area contributed by atoms with Crippen molar-refractivity contribution in [1.29, 1.82) is 0 Å². The maximum atomic E-state index is 12.9. The molecule has 6 heteroatoms. The Morgan fingerprint density at radius 2 is 2.00 bits per heavy atom. The van der Waals surface area contributed by atoms with E-state index in [1.54, 1.807) is 0 Å². The van der Waals surface area contributed by atoms with Crippen LogP contribution in [-0.4, -0.2) is 21.7 Å². The SMILES string of the molecule is Cc1nn(-c2ccc(Cl)cc2)c2sc(C(=O)N[C@@H]3CCC[C@H](C)[C@H]3C)cc12. The van der Waals surface area contributed by atoms with E-state index in [0.29, 0.717) is 16.9 Å². The van der Waals surface area contributed by atoms with Crippen molar-refractivity contribution < 1.29 is 4.79 Å². The van der Waals surface area contributed by atoms with E-state index in [2.05, 4.69) is 24.3 Å². The fourth-order valence-electron chi connectivity index (χ4n) is 3.94. The second-order valence-corrected chi connectivity index (χ2v) is 9.12. The quantitative estimate of drug-likeness (QED) is 0.620. The van der Waals surface area contributed by atoms with Crippen molar-refractivity contribution in [2.75, 3.05) is 0 Å². The minimum Gasteiger partial charge on any atom is -0.348 e. The van der Waals surface area contributed by atoms with E-state index in [9.17, 15) is 4.79 Å². The van der Waals surface area contributed by atoms with E-state index >= 15 is 0 Å². The molecule has 1 amide bonds. The largest absolute Gasteiger partial charge is 0.348 e. The van der Waals surface area contributed by atoms with Gasteiger partial charge in [0.2, 0.25) is 0 Å². The van der Waals surface area contributed by atoms with Gasteiger partial charge < -0.3 is 5.32 Å². The molecule has 0 bridgehead atoms. The third kappa shape index (κ3) is 3.50. The predicted octanol–water partition coefficient (Wildman–Crippen LogP) is 5.60. The van der Waals surface area contributed by atoms with Crippen LogP contribution in [0.5, 0.6) is 0 Å². The number of benzene rings is 1. The maximum absolute atomic E-state index is 12.9. The molecule has 27 heavy (non-hydrogen) atoms. The molecule has 0 saturated heterocycles. The van der Waals surface area contributed by atoms with Gasteiger partial charge in [-0.25, -0.2) is 4.68 Å². The van der Waals surface area contributed by atoms with Gasteiger partial charge in [-0.05, 0) is 55.5 Å². The first kappa shape index (κ1) is 18.5. The molecule has 3 atom stereocenters. The summed E-state index contributed by atoms with van der Waals surface area (Å²) in [7, 11) is 0. The van der Waals surface area contributed by atoms with Gasteiger partial charge in [-0.1, -0.05) is 38.3 Å². The third-order valence-corrected chi connectivity index (χ3v) is 7.22. The van der Waals surface area contributed by atoms with Crippen molar-refractivity contribution in [1.82, 2.24) is 15.1 Å². The molecule has 1 saturated carbocycles. The van der Waals surface area contributed by atoms with Crippen LogP contribution in [-0.2, 0) is 0 Å². The van der Waals surface area contributed by atoms with Crippen LogP contribution in [0.3, 0.4) is 0 Å². The summed E-state index contributed by atoms with van der Waals surface area (Å²) in [6, 6.07) is 9.83. The average molecular weight is 402 g/mol. The number of carbonyl (C=O) groups is 1. The van der Waals surface area contributed by atoms with Crippen molar-refractivity contribution in [2.45, 2.75) is 46.1 Å². The molecule has 4 rings (SSSR count). The average Bonchev–Trinajstić information content (AvgIpc) is 3.21. The predicted molar refractivity (Wildman–Crippen MR) is 112 cm³/mol. The Bertz CT molecular complexity index is 975. The van der Waals surface area contributed by atoms with Crippen LogP contribution in [0, 0.1) is 18.8 Å². The molecule has 142 valence electrons. The molecular weight excluding hydrogens is 378 g/mol. The Morgan fingerprint density at radius 3 is 2.74 bits per heavy atom. The number of nitrogens with one attached hydrogen (secondary N) is 1. The highest BCUT2D eigenvalue weighted by molar-refractivity contribution is 7.20. The number of hydrogen-bond donors (Lipinski definition) is 1. The lowest BCUT2D eigenvalue weighted by atomic mass is 9.78. The zero-order valence-electron chi connectivity index (χ0n) is 15.8. The normalized spacial score (nSPS) is 22.9. The van der Waals surface area contributed by atoms with Crippen LogP contribution >= 0.6 is 22.9 Å². The lowest BCUT2D eigenvalue weighted by molar-refractivity contribution is 0.0895. The summed E-state index contributed by atoms with van der Waals surface area (Å²) >= 11 is 7.50. The Morgan fingerprint density at radius 1 is 1.26 bits per heavy atom. The lowest BCUT2D eigenvalue weighted by Gasteiger charge is -2.34. The van der Waals surface area contributed by atoms with Gasteiger partial charge in [-0.15, -0.1) is 11.3 Å². The van der Waals surface area contributed by atoms with E-state index in [1.165, 1.54) is 24.2 Å². The molecular formula is C21H24ClN3OS. The van der Waals surface area contributed by atoms with Gasteiger partial charge in [0.25, 0.3) is 5.91 Å². The summed E-state index contributed by atoms with van der Waals surface area (Å²) in [5.74, 6) is 1.21. The highest BCUT2D eigenvalue weighted by Gasteiger charge is 2.29. The molecule has 1 fully saturated rings. The summed E-state index contributed by atoms with van der Waals surface area (Å²) < 4.78 is 1.90. The summed E-state index contributed by atoms with van der Waals surface area (Å²) in [5, 5.41) is 9.64. The molecule has 3 aromatic rings. The smallest absolute Gasteiger partial charge is 0.261 e. The molecule has 1 aliphatic rings. The third-order valence-electron chi connectivity index (χ3n) is 5.86. The monoisotopic (exact) mass is 401 g/mol. The maximum Gasteiger partial charge on any atom is 0.261 e. The summed E-state index contributed by atoms with van der Waals surface area (Å²) in [6.45, 7) is 6.52. The lowest BCUT2D eigenvalue weighted by Crippen LogP contribution is -2.43. The van der Waals surface area contributed by atoms with Gasteiger partial charge in [-0.3, -0.25) is 4.79 Å². The second-order valence-electron chi connectivity index (χ2n) is 7.65. The molecule has 4 nitrogen and oxygen atoms in total. The first-order chi connectivity index (χ1) is 12.9. The van der Waals surface area contributed by atoms with E-state index < -0.39 is 0 Å². The summed E-state index contributed by atoms with van der Waals surface area (Å²) in [6.07, 6.45) is 3.51. The number of fused-ring (bicyclic) bond motifs is 1. The topological polar surface area (TPSA) is 46.9 Å². The van der Waals surface area contributed by atoms with Gasteiger partial charge >= 0.3 is 0 Å². The number of nitrogens with zero attached hydrogens (tertiary/aromatic N) is 2. The minimum absolute atomic E-state index is 0.0317. The summed E-state index contributed by atoms with van der Waals surface area (Å²) in [5.41, 5.74) is 1.87. The number of amides is 1. The van der Waals surface area contributed by atoms with Crippen molar-refractivity contribution in [3.63, 3.8) is 0 Å². The zero-order valence-corrected chi connectivity index (χ0v) is 17.4. The van der Waals surface area contributed by atoms with Crippen molar-refractivity contribution >= 4 is 39.1 Å². The van der Waals surface area contributed by atoms with E-state index in [0.717, 1.165) is 32.9 Å². The van der Waals surface area contributed by atoms with Gasteiger partial charge in [0, 0.05) is 16.5 Å².